The van der Waals surface area contributed by atoms with Crippen molar-refractivity contribution in [2.24, 2.45) is 0 Å². The summed E-state index contributed by atoms with van der Waals surface area (Å²) in [7, 11) is -3.29. The van der Waals surface area contributed by atoms with Crippen LogP contribution in [-0.2, 0) is 10.0 Å². The zero-order valence-corrected chi connectivity index (χ0v) is 14.3. The van der Waals surface area contributed by atoms with Crippen molar-refractivity contribution in [1.82, 2.24) is 5.32 Å². The van der Waals surface area contributed by atoms with Crippen molar-refractivity contribution in [3.8, 4) is 0 Å². The number of anilines is 1. The summed E-state index contributed by atoms with van der Waals surface area (Å²) in [4.78, 5) is 0. The van der Waals surface area contributed by atoms with Crippen LogP contribution < -0.4 is 10.0 Å². The molecule has 0 aliphatic heterocycles. The highest BCUT2D eigenvalue weighted by atomic mass is 79.9. The van der Waals surface area contributed by atoms with Crippen LogP contribution in [0.2, 0.25) is 0 Å². The molecule has 2 N–H and O–H groups in total. The Morgan fingerprint density at radius 1 is 1.26 bits per heavy atom. The lowest BCUT2D eigenvalue weighted by Gasteiger charge is -2.10. The van der Waals surface area contributed by atoms with Crippen LogP contribution in [-0.4, -0.2) is 26.8 Å². The molecule has 1 saturated carbocycles. The molecular weight excluding hydrogens is 396 g/mol. The molecule has 1 aliphatic carbocycles. The molecule has 2 rings (SSSR count). The van der Waals surface area contributed by atoms with Gasteiger partial charge in [0, 0.05) is 15.0 Å². The highest BCUT2D eigenvalue weighted by Crippen LogP contribution is 2.27. The molecule has 1 aliphatic rings. The van der Waals surface area contributed by atoms with Gasteiger partial charge in [0.1, 0.15) is 0 Å². The van der Waals surface area contributed by atoms with Crippen LogP contribution in [0, 0.1) is 0 Å². The van der Waals surface area contributed by atoms with E-state index < -0.39 is 10.0 Å². The van der Waals surface area contributed by atoms with E-state index in [-0.39, 0.29) is 5.75 Å². The van der Waals surface area contributed by atoms with E-state index in [2.05, 4.69) is 41.9 Å². The number of nitrogens with one attached hydrogen (secondary N) is 2. The van der Waals surface area contributed by atoms with Gasteiger partial charge in [0.2, 0.25) is 10.0 Å². The van der Waals surface area contributed by atoms with Crippen LogP contribution in [0.3, 0.4) is 0 Å². The highest BCUT2D eigenvalue weighted by Gasteiger charge is 2.20. The minimum atomic E-state index is -3.29. The van der Waals surface area contributed by atoms with Crippen LogP contribution in [0.1, 0.15) is 19.3 Å². The molecule has 106 valence electrons. The fourth-order valence-corrected chi connectivity index (χ4v) is 3.62. The van der Waals surface area contributed by atoms with E-state index in [1.807, 2.05) is 6.07 Å². The predicted octanol–water partition coefficient (Wildman–Crippen LogP) is 3.10. The number of halogens is 2. The number of sulfonamides is 1. The average molecular weight is 412 g/mol. The van der Waals surface area contributed by atoms with Crippen LogP contribution in [0.15, 0.2) is 27.1 Å². The molecule has 19 heavy (non-hydrogen) atoms. The second-order valence-corrected chi connectivity index (χ2v) is 8.24. The molecule has 0 amide bonds. The number of rotatable bonds is 7. The highest BCUT2D eigenvalue weighted by molar-refractivity contribution is 9.11. The maximum Gasteiger partial charge on any atom is 0.232 e. The second-order valence-electron chi connectivity index (χ2n) is 4.63. The molecule has 1 aromatic carbocycles. The van der Waals surface area contributed by atoms with E-state index in [1.165, 1.54) is 12.8 Å². The summed E-state index contributed by atoms with van der Waals surface area (Å²) >= 11 is 6.66. The third-order valence-corrected chi connectivity index (χ3v) is 5.34. The molecule has 0 spiro atoms. The number of hydrogen-bond donors (Lipinski definition) is 2. The lowest BCUT2D eigenvalue weighted by Crippen LogP contribution is -2.23. The molecule has 0 aromatic heterocycles. The molecule has 0 unspecified atom stereocenters. The Morgan fingerprint density at radius 2 is 2.00 bits per heavy atom. The lowest BCUT2D eigenvalue weighted by molar-refractivity contribution is 0.593. The van der Waals surface area contributed by atoms with Gasteiger partial charge >= 0.3 is 0 Å². The van der Waals surface area contributed by atoms with Gasteiger partial charge in [0.05, 0.1) is 11.4 Å². The Bertz CT molecular complexity index is 545. The van der Waals surface area contributed by atoms with Crippen LogP contribution in [0.5, 0.6) is 0 Å². The summed E-state index contributed by atoms with van der Waals surface area (Å²) in [5.41, 5.74) is 0.560. The molecule has 0 bridgehead atoms. The summed E-state index contributed by atoms with van der Waals surface area (Å²) in [6.45, 7) is 0.755. The number of hydrogen-bond acceptors (Lipinski definition) is 3. The maximum absolute atomic E-state index is 11.9. The van der Waals surface area contributed by atoms with Crippen LogP contribution >= 0.6 is 31.9 Å². The first-order valence-electron chi connectivity index (χ1n) is 6.15. The first-order valence-corrected chi connectivity index (χ1v) is 9.39. The largest absolute Gasteiger partial charge is 0.314 e. The van der Waals surface area contributed by atoms with E-state index in [4.69, 9.17) is 0 Å². The fraction of sp³-hybridized carbons (Fsp3) is 0.500. The van der Waals surface area contributed by atoms with Crippen molar-refractivity contribution in [1.29, 1.82) is 0 Å². The lowest BCUT2D eigenvalue weighted by atomic mass is 10.3. The Morgan fingerprint density at radius 3 is 2.68 bits per heavy atom. The quantitative estimate of drug-likeness (QED) is 0.677. The van der Waals surface area contributed by atoms with Gasteiger partial charge in [-0.3, -0.25) is 4.72 Å². The monoisotopic (exact) mass is 410 g/mol. The van der Waals surface area contributed by atoms with Gasteiger partial charge < -0.3 is 5.32 Å². The van der Waals surface area contributed by atoms with Crippen molar-refractivity contribution >= 4 is 47.6 Å². The van der Waals surface area contributed by atoms with E-state index in [1.54, 1.807) is 12.1 Å². The third-order valence-electron chi connectivity index (χ3n) is 2.79. The summed E-state index contributed by atoms with van der Waals surface area (Å²) < 4.78 is 28.1. The molecule has 0 atom stereocenters. The Kier molecular flexibility index (Phi) is 5.28. The molecule has 0 heterocycles. The second kappa shape index (κ2) is 6.56. The molecule has 1 aromatic rings. The van der Waals surface area contributed by atoms with Crippen LogP contribution in [0.25, 0.3) is 0 Å². The van der Waals surface area contributed by atoms with Gasteiger partial charge in [-0.25, -0.2) is 8.42 Å². The topological polar surface area (TPSA) is 58.2 Å². The first-order chi connectivity index (χ1) is 8.96. The van der Waals surface area contributed by atoms with Crippen molar-refractivity contribution in [2.75, 3.05) is 17.0 Å². The van der Waals surface area contributed by atoms with Gasteiger partial charge in [-0.05, 0) is 59.9 Å². The predicted molar refractivity (Wildman–Crippen MR) is 84.9 cm³/mol. The summed E-state index contributed by atoms with van der Waals surface area (Å²) in [5.74, 6) is 0.131. The summed E-state index contributed by atoms with van der Waals surface area (Å²) in [6.07, 6.45) is 3.06. The standard InChI is InChI=1S/C12H16Br2N2O2S/c13-9-2-5-11(14)12(8-9)16-19(17,18)7-1-6-15-10-3-4-10/h2,5,8,10,15-16H,1,3-4,6-7H2. The fourth-order valence-electron chi connectivity index (χ4n) is 1.65. The van der Waals surface area contributed by atoms with Crippen molar-refractivity contribution in [2.45, 2.75) is 25.3 Å². The molecule has 0 saturated heterocycles. The third kappa shape index (κ3) is 5.41. The van der Waals surface area contributed by atoms with Gasteiger partial charge in [-0.2, -0.15) is 0 Å². The van der Waals surface area contributed by atoms with Crippen molar-refractivity contribution in [3.05, 3.63) is 27.1 Å². The molecule has 0 radical (unpaired) electrons. The number of benzene rings is 1. The average Bonchev–Trinajstić information content (AvgIpc) is 3.13. The summed E-state index contributed by atoms with van der Waals surface area (Å²) in [6, 6.07) is 6.01. The Hall–Kier alpha value is -0.110. The molecule has 1 fully saturated rings. The first kappa shape index (κ1) is 15.3. The minimum Gasteiger partial charge on any atom is -0.314 e. The SMILES string of the molecule is O=S(=O)(CCCNC1CC1)Nc1cc(Br)ccc1Br. The summed E-state index contributed by atoms with van der Waals surface area (Å²) in [5, 5.41) is 3.30. The smallest absolute Gasteiger partial charge is 0.232 e. The van der Waals surface area contributed by atoms with Crippen molar-refractivity contribution in [3.63, 3.8) is 0 Å². The van der Waals surface area contributed by atoms with Gasteiger partial charge in [-0.15, -0.1) is 0 Å². The van der Waals surface area contributed by atoms with E-state index in [9.17, 15) is 8.42 Å². The minimum absolute atomic E-state index is 0.131. The zero-order valence-electron chi connectivity index (χ0n) is 10.3. The Balaban J connectivity index is 1.86. The zero-order chi connectivity index (χ0) is 13.9. The molecule has 7 heteroatoms. The molecule has 4 nitrogen and oxygen atoms in total. The van der Waals surface area contributed by atoms with Crippen molar-refractivity contribution < 1.29 is 8.42 Å². The van der Waals surface area contributed by atoms with Gasteiger partial charge in [0.15, 0.2) is 0 Å². The van der Waals surface area contributed by atoms with E-state index in [0.717, 1.165) is 15.5 Å². The normalized spacial score (nSPS) is 15.5. The molecular formula is C12H16Br2N2O2S. The van der Waals surface area contributed by atoms with E-state index in [0.29, 0.717) is 18.2 Å². The van der Waals surface area contributed by atoms with Gasteiger partial charge in [0.25, 0.3) is 0 Å². The van der Waals surface area contributed by atoms with Crippen LogP contribution in [0.4, 0.5) is 5.69 Å². The maximum atomic E-state index is 11.9. The Labute approximate surface area is 130 Å². The van der Waals surface area contributed by atoms with E-state index >= 15 is 0 Å². The van der Waals surface area contributed by atoms with Gasteiger partial charge in [-0.1, -0.05) is 15.9 Å².